The van der Waals surface area contributed by atoms with E-state index < -0.39 is 30.8 Å². The highest BCUT2D eigenvalue weighted by Crippen LogP contribution is 2.31. The molecule has 104 valence electrons. The molecule has 0 saturated carbocycles. The summed E-state index contributed by atoms with van der Waals surface area (Å²) in [6.07, 6.45) is 0. The van der Waals surface area contributed by atoms with Crippen LogP contribution in [0, 0.1) is 6.92 Å². The molecule has 0 bridgehead atoms. The molecule has 6 nitrogen and oxygen atoms in total. The van der Waals surface area contributed by atoms with Gasteiger partial charge in [-0.2, -0.15) is 0 Å². The average Bonchev–Trinajstić information content (AvgIpc) is 2.39. The van der Waals surface area contributed by atoms with E-state index in [0.717, 1.165) is 4.90 Å². The lowest BCUT2D eigenvalue weighted by Gasteiger charge is -2.37. The highest BCUT2D eigenvalue weighted by atomic mass is 16.4. The molecule has 1 rings (SSSR count). The van der Waals surface area contributed by atoms with E-state index in [1.165, 1.54) is 6.92 Å². The Labute approximate surface area is 110 Å². The van der Waals surface area contributed by atoms with Gasteiger partial charge in [0, 0.05) is 0 Å². The van der Waals surface area contributed by atoms with Crippen molar-refractivity contribution < 1.29 is 24.9 Å². The van der Waals surface area contributed by atoms with Gasteiger partial charge in [-0.1, -0.05) is 24.3 Å². The van der Waals surface area contributed by atoms with Crippen LogP contribution in [0.5, 0.6) is 0 Å². The second-order valence-corrected chi connectivity index (χ2v) is 4.31. The molecule has 0 saturated heterocycles. The quantitative estimate of drug-likeness (QED) is 0.656. The highest BCUT2D eigenvalue weighted by molar-refractivity contribution is 5.88. The summed E-state index contributed by atoms with van der Waals surface area (Å²) in [5, 5.41) is 27.7. The van der Waals surface area contributed by atoms with E-state index in [-0.39, 0.29) is 0 Å². The fourth-order valence-corrected chi connectivity index (χ4v) is 2.05. The minimum absolute atomic E-state index is 0.387. The van der Waals surface area contributed by atoms with E-state index in [1.54, 1.807) is 31.2 Å². The predicted molar refractivity (Wildman–Crippen MR) is 67.2 cm³/mol. The molecule has 1 amide bonds. The minimum Gasteiger partial charge on any atom is -0.479 e. The van der Waals surface area contributed by atoms with Crippen molar-refractivity contribution >= 4 is 11.9 Å². The zero-order chi connectivity index (χ0) is 14.6. The van der Waals surface area contributed by atoms with Crippen LogP contribution in [0.15, 0.2) is 24.3 Å². The molecule has 0 heterocycles. The van der Waals surface area contributed by atoms with Gasteiger partial charge in [0.1, 0.15) is 13.3 Å². The Morgan fingerprint density at radius 2 is 1.84 bits per heavy atom. The van der Waals surface area contributed by atoms with Crippen LogP contribution in [0.4, 0.5) is 0 Å². The van der Waals surface area contributed by atoms with Crippen LogP contribution in [0.2, 0.25) is 0 Å². The average molecular weight is 267 g/mol. The van der Waals surface area contributed by atoms with Gasteiger partial charge in [0.25, 0.3) is 5.91 Å². The monoisotopic (exact) mass is 267 g/mol. The number of aliphatic hydroxyl groups excluding tert-OH is 2. The largest absolute Gasteiger partial charge is 0.479 e. The number of aryl methyl sites for hydroxylation is 1. The standard InChI is InChI=1S/C13H17NO5/c1-9-5-3-4-6-10(9)13(2,12(18)19)14(8-16)11(17)7-15/h3-6,15-16H,7-8H2,1-2H3,(H,18,19). The Bertz CT molecular complexity index is 488. The molecule has 0 aliphatic rings. The van der Waals surface area contributed by atoms with Gasteiger partial charge < -0.3 is 15.3 Å². The number of carbonyl (C=O) groups excluding carboxylic acids is 1. The van der Waals surface area contributed by atoms with Gasteiger partial charge in [-0.3, -0.25) is 9.69 Å². The molecule has 1 aromatic rings. The Balaban J connectivity index is 3.44. The minimum atomic E-state index is -1.74. The number of carboxylic acid groups (broad SMARTS) is 1. The topological polar surface area (TPSA) is 98.1 Å². The number of rotatable bonds is 5. The summed E-state index contributed by atoms with van der Waals surface area (Å²) < 4.78 is 0. The van der Waals surface area contributed by atoms with Gasteiger partial charge >= 0.3 is 5.97 Å². The van der Waals surface area contributed by atoms with Gasteiger partial charge in [-0.05, 0) is 25.0 Å². The lowest BCUT2D eigenvalue weighted by molar-refractivity contribution is -0.165. The number of carbonyl (C=O) groups is 2. The lowest BCUT2D eigenvalue weighted by atomic mass is 9.87. The first-order valence-electron chi connectivity index (χ1n) is 5.71. The molecule has 0 aliphatic carbocycles. The summed E-state index contributed by atoms with van der Waals surface area (Å²) >= 11 is 0. The summed E-state index contributed by atoms with van der Waals surface area (Å²) in [6.45, 7) is 1.38. The summed E-state index contributed by atoms with van der Waals surface area (Å²) in [7, 11) is 0. The lowest BCUT2D eigenvalue weighted by Crippen LogP contribution is -2.54. The number of hydrogen-bond acceptors (Lipinski definition) is 4. The number of amides is 1. The third kappa shape index (κ3) is 2.59. The van der Waals surface area contributed by atoms with Crippen molar-refractivity contribution in [3.8, 4) is 0 Å². The molecule has 0 aliphatic heterocycles. The molecule has 1 atom stereocenters. The van der Waals surface area contributed by atoms with Gasteiger partial charge in [0.2, 0.25) is 0 Å². The summed E-state index contributed by atoms with van der Waals surface area (Å²) in [6, 6.07) is 6.70. The van der Waals surface area contributed by atoms with Gasteiger partial charge in [-0.25, -0.2) is 4.79 Å². The number of nitrogens with zero attached hydrogens (tertiary/aromatic N) is 1. The maximum atomic E-state index is 11.6. The van der Waals surface area contributed by atoms with Crippen molar-refractivity contribution in [2.45, 2.75) is 19.4 Å². The fourth-order valence-electron chi connectivity index (χ4n) is 2.05. The summed E-state index contributed by atoms with van der Waals surface area (Å²) in [5.41, 5.74) is -0.671. The molecule has 0 spiro atoms. The van der Waals surface area contributed by atoms with Crippen LogP contribution >= 0.6 is 0 Å². The maximum absolute atomic E-state index is 11.6. The van der Waals surface area contributed by atoms with E-state index in [2.05, 4.69) is 0 Å². The third-order valence-corrected chi connectivity index (χ3v) is 3.20. The molecule has 0 fully saturated rings. The third-order valence-electron chi connectivity index (χ3n) is 3.20. The highest BCUT2D eigenvalue weighted by Gasteiger charge is 2.44. The summed E-state index contributed by atoms with van der Waals surface area (Å²) in [5.74, 6) is -2.13. The van der Waals surface area contributed by atoms with Crippen molar-refractivity contribution in [1.82, 2.24) is 4.90 Å². The SMILES string of the molecule is Cc1ccccc1C(C)(C(=O)O)N(CO)C(=O)CO. The van der Waals surface area contributed by atoms with Crippen molar-refractivity contribution in [2.24, 2.45) is 0 Å². The van der Waals surface area contributed by atoms with Crippen LogP contribution in [-0.4, -0.2) is 45.4 Å². The maximum Gasteiger partial charge on any atom is 0.334 e. The molecule has 0 aromatic heterocycles. The normalized spacial score (nSPS) is 13.7. The van der Waals surface area contributed by atoms with Crippen molar-refractivity contribution in [2.75, 3.05) is 13.3 Å². The second kappa shape index (κ2) is 5.81. The van der Waals surface area contributed by atoms with Gasteiger partial charge in [0.15, 0.2) is 5.54 Å². The number of aliphatic carboxylic acids is 1. The van der Waals surface area contributed by atoms with Crippen molar-refractivity contribution in [1.29, 1.82) is 0 Å². The van der Waals surface area contributed by atoms with Crippen LogP contribution in [0.25, 0.3) is 0 Å². The Hall–Kier alpha value is -1.92. The molecule has 6 heteroatoms. The number of aliphatic hydroxyl groups is 2. The van der Waals surface area contributed by atoms with Crippen molar-refractivity contribution in [3.63, 3.8) is 0 Å². The predicted octanol–water partition coefficient (Wildman–Crippen LogP) is 0.0655. The van der Waals surface area contributed by atoms with Crippen LogP contribution in [0.1, 0.15) is 18.1 Å². The number of carboxylic acids is 1. The Morgan fingerprint density at radius 3 is 2.26 bits per heavy atom. The summed E-state index contributed by atoms with van der Waals surface area (Å²) in [4.78, 5) is 24.0. The van der Waals surface area contributed by atoms with E-state index >= 15 is 0 Å². The van der Waals surface area contributed by atoms with Gasteiger partial charge in [-0.15, -0.1) is 0 Å². The zero-order valence-electron chi connectivity index (χ0n) is 10.8. The first kappa shape index (κ1) is 15.1. The van der Waals surface area contributed by atoms with E-state index in [9.17, 15) is 19.8 Å². The van der Waals surface area contributed by atoms with Crippen LogP contribution < -0.4 is 0 Å². The van der Waals surface area contributed by atoms with E-state index in [0.29, 0.717) is 11.1 Å². The molecule has 1 unspecified atom stereocenters. The first-order valence-corrected chi connectivity index (χ1v) is 5.71. The van der Waals surface area contributed by atoms with Gasteiger partial charge in [0.05, 0.1) is 0 Å². The zero-order valence-corrected chi connectivity index (χ0v) is 10.8. The molecule has 19 heavy (non-hydrogen) atoms. The fraction of sp³-hybridized carbons (Fsp3) is 0.385. The van der Waals surface area contributed by atoms with Crippen molar-refractivity contribution in [3.05, 3.63) is 35.4 Å². The smallest absolute Gasteiger partial charge is 0.334 e. The Kier molecular flexibility index (Phi) is 4.63. The first-order chi connectivity index (χ1) is 8.89. The van der Waals surface area contributed by atoms with Crippen LogP contribution in [-0.2, 0) is 15.1 Å². The molecule has 1 aromatic carbocycles. The van der Waals surface area contributed by atoms with E-state index in [4.69, 9.17) is 5.11 Å². The van der Waals surface area contributed by atoms with Crippen LogP contribution in [0.3, 0.4) is 0 Å². The molecular formula is C13H17NO5. The Morgan fingerprint density at radius 1 is 1.26 bits per heavy atom. The number of benzene rings is 1. The second-order valence-electron chi connectivity index (χ2n) is 4.31. The molecule has 0 radical (unpaired) electrons. The molecule has 3 N–H and O–H groups in total. The molecular weight excluding hydrogens is 250 g/mol. The van der Waals surface area contributed by atoms with E-state index in [1.807, 2.05) is 0 Å². The number of hydrogen-bond donors (Lipinski definition) is 3.